The van der Waals surface area contributed by atoms with Gasteiger partial charge in [0.1, 0.15) is 0 Å². The minimum Gasteiger partial charge on any atom is -0.478 e. The molecule has 2 amide bonds. The zero-order valence-corrected chi connectivity index (χ0v) is 12.2. The average Bonchev–Trinajstić information content (AvgIpc) is 2.73. The molecule has 1 aromatic rings. The Morgan fingerprint density at radius 1 is 1.24 bits per heavy atom. The minimum absolute atomic E-state index is 0.0313. The van der Waals surface area contributed by atoms with Gasteiger partial charge >= 0.3 is 5.97 Å². The number of nitrogens with zero attached hydrogens (tertiary/aromatic N) is 1. The summed E-state index contributed by atoms with van der Waals surface area (Å²) in [5.41, 5.74) is 0.551. The largest absolute Gasteiger partial charge is 0.478 e. The third kappa shape index (κ3) is 2.55. The van der Waals surface area contributed by atoms with E-state index in [2.05, 4.69) is 0 Å². The number of fused-ring (bicyclic) bond motifs is 1. The molecule has 1 saturated heterocycles. The number of amides is 2. The molecule has 0 bridgehead atoms. The van der Waals surface area contributed by atoms with Crippen LogP contribution in [0.5, 0.6) is 0 Å². The zero-order chi connectivity index (χ0) is 15.0. The topological polar surface area (TPSA) is 74.7 Å². The van der Waals surface area contributed by atoms with Crippen LogP contribution in [0.3, 0.4) is 0 Å². The first kappa shape index (κ1) is 14.1. The van der Waals surface area contributed by atoms with Gasteiger partial charge in [-0.1, -0.05) is 6.42 Å². The summed E-state index contributed by atoms with van der Waals surface area (Å²) in [7, 11) is 0. The van der Waals surface area contributed by atoms with E-state index in [4.69, 9.17) is 5.11 Å². The van der Waals surface area contributed by atoms with Crippen molar-refractivity contribution in [2.24, 2.45) is 0 Å². The average molecular weight is 305 g/mol. The third-order valence-corrected chi connectivity index (χ3v) is 5.26. The second kappa shape index (κ2) is 5.52. The molecular weight excluding hydrogens is 290 g/mol. The number of aromatic carboxylic acids is 1. The summed E-state index contributed by atoms with van der Waals surface area (Å²) in [6.45, 7) is 0.416. The Labute approximate surface area is 126 Å². The highest BCUT2D eigenvalue weighted by Gasteiger charge is 2.37. The lowest BCUT2D eigenvalue weighted by Gasteiger charge is -2.25. The number of imide groups is 1. The second-order valence-electron chi connectivity index (χ2n) is 5.28. The predicted molar refractivity (Wildman–Crippen MR) is 78.9 cm³/mol. The standard InChI is InChI=1S/C15H15NO4S/c17-13-11-5-4-9(15(19)20)7-12(11)14(18)16(13)8-10-3-1-2-6-21-10/h4-5,7,10H,1-3,6,8H2,(H,19,20). The summed E-state index contributed by atoms with van der Waals surface area (Å²) in [5.74, 6) is -0.710. The first-order valence-electron chi connectivity index (χ1n) is 6.93. The molecule has 3 rings (SSSR count). The lowest BCUT2D eigenvalue weighted by molar-refractivity contribution is 0.0651. The van der Waals surface area contributed by atoms with Gasteiger partial charge in [0.2, 0.25) is 0 Å². The van der Waals surface area contributed by atoms with Gasteiger partial charge in [0.25, 0.3) is 11.8 Å². The van der Waals surface area contributed by atoms with Crippen LogP contribution in [0.2, 0.25) is 0 Å². The molecule has 1 N–H and O–H groups in total. The quantitative estimate of drug-likeness (QED) is 0.867. The van der Waals surface area contributed by atoms with Crippen molar-refractivity contribution >= 4 is 29.5 Å². The fourth-order valence-electron chi connectivity index (χ4n) is 2.74. The van der Waals surface area contributed by atoms with Crippen LogP contribution in [0.15, 0.2) is 18.2 Å². The van der Waals surface area contributed by atoms with Crippen LogP contribution in [0.1, 0.15) is 50.3 Å². The maximum atomic E-state index is 12.4. The number of thioether (sulfide) groups is 1. The molecule has 21 heavy (non-hydrogen) atoms. The van der Waals surface area contributed by atoms with Crippen LogP contribution < -0.4 is 0 Å². The highest BCUT2D eigenvalue weighted by Crippen LogP contribution is 2.30. The van der Waals surface area contributed by atoms with Crippen LogP contribution in [-0.4, -0.2) is 45.3 Å². The van der Waals surface area contributed by atoms with Gasteiger partial charge in [-0.05, 0) is 36.8 Å². The van der Waals surface area contributed by atoms with Crippen LogP contribution in [0.25, 0.3) is 0 Å². The van der Waals surface area contributed by atoms with E-state index in [0.717, 1.165) is 18.6 Å². The molecule has 1 atom stereocenters. The maximum absolute atomic E-state index is 12.4. The fourth-order valence-corrected chi connectivity index (χ4v) is 4.04. The monoisotopic (exact) mass is 305 g/mol. The maximum Gasteiger partial charge on any atom is 0.335 e. The number of carbonyl (C=O) groups excluding carboxylic acids is 2. The van der Waals surface area contributed by atoms with Gasteiger partial charge in [0.15, 0.2) is 0 Å². The van der Waals surface area contributed by atoms with E-state index >= 15 is 0 Å². The number of hydrogen-bond donors (Lipinski definition) is 1. The normalized spacial score (nSPS) is 21.5. The Hall–Kier alpha value is -1.82. The number of carboxylic acids is 1. The van der Waals surface area contributed by atoms with Crippen molar-refractivity contribution in [1.82, 2.24) is 4.90 Å². The fraction of sp³-hybridized carbons (Fsp3) is 0.400. The minimum atomic E-state index is -1.10. The molecule has 0 aromatic heterocycles. The van der Waals surface area contributed by atoms with Crippen molar-refractivity contribution in [1.29, 1.82) is 0 Å². The Kier molecular flexibility index (Phi) is 3.71. The Balaban J connectivity index is 1.84. The molecule has 5 nitrogen and oxygen atoms in total. The molecule has 1 fully saturated rings. The molecular formula is C15H15NO4S. The first-order chi connectivity index (χ1) is 10.1. The van der Waals surface area contributed by atoms with E-state index < -0.39 is 5.97 Å². The Bertz CT molecular complexity index is 622. The zero-order valence-electron chi connectivity index (χ0n) is 11.4. The number of benzene rings is 1. The summed E-state index contributed by atoms with van der Waals surface area (Å²) in [6.07, 6.45) is 3.33. The lowest BCUT2D eigenvalue weighted by atomic mass is 10.1. The van der Waals surface area contributed by atoms with E-state index in [9.17, 15) is 14.4 Å². The summed E-state index contributed by atoms with van der Waals surface area (Å²) < 4.78 is 0. The van der Waals surface area contributed by atoms with Gasteiger partial charge in [0.05, 0.1) is 16.7 Å². The highest BCUT2D eigenvalue weighted by molar-refractivity contribution is 7.99. The van der Waals surface area contributed by atoms with Crippen molar-refractivity contribution in [3.8, 4) is 0 Å². The summed E-state index contributed by atoms with van der Waals surface area (Å²) in [6, 6.07) is 4.10. The molecule has 0 radical (unpaired) electrons. The molecule has 2 aliphatic heterocycles. The van der Waals surface area contributed by atoms with Crippen molar-refractivity contribution in [2.75, 3.05) is 12.3 Å². The second-order valence-corrected chi connectivity index (χ2v) is 6.68. The molecule has 0 saturated carbocycles. The molecule has 0 spiro atoms. The van der Waals surface area contributed by atoms with E-state index in [0.29, 0.717) is 17.4 Å². The Morgan fingerprint density at radius 3 is 2.67 bits per heavy atom. The first-order valence-corrected chi connectivity index (χ1v) is 7.98. The van der Waals surface area contributed by atoms with E-state index in [1.54, 1.807) is 11.8 Å². The summed E-state index contributed by atoms with van der Waals surface area (Å²) >= 11 is 1.80. The van der Waals surface area contributed by atoms with Gasteiger partial charge in [-0.25, -0.2) is 4.79 Å². The van der Waals surface area contributed by atoms with E-state index in [1.807, 2.05) is 0 Å². The molecule has 2 aliphatic rings. The highest BCUT2D eigenvalue weighted by atomic mass is 32.2. The van der Waals surface area contributed by atoms with Crippen LogP contribution in [-0.2, 0) is 0 Å². The van der Waals surface area contributed by atoms with E-state index in [1.165, 1.54) is 29.5 Å². The predicted octanol–water partition coefficient (Wildman–Crippen LogP) is 2.27. The van der Waals surface area contributed by atoms with Crippen LogP contribution in [0, 0.1) is 0 Å². The molecule has 0 aliphatic carbocycles. The molecule has 110 valence electrons. The number of hydrogen-bond acceptors (Lipinski definition) is 4. The van der Waals surface area contributed by atoms with E-state index in [-0.39, 0.29) is 22.9 Å². The van der Waals surface area contributed by atoms with Crippen LogP contribution >= 0.6 is 11.8 Å². The molecule has 1 unspecified atom stereocenters. The summed E-state index contributed by atoms with van der Waals surface area (Å²) in [4.78, 5) is 36.9. The smallest absolute Gasteiger partial charge is 0.335 e. The van der Waals surface area contributed by atoms with Gasteiger partial charge < -0.3 is 5.11 Å². The molecule has 1 aromatic carbocycles. The number of carboxylic acid groups (broad SMARTS) is 1. The molecule has 2 heterocycles. The van der Waals surface area contributed by atoms with Crippen LogP contribution in [0.4, 0.5) is 0 Å². The van der Waals surface area contributed by atoms with Gasteiger partial charge in [-0.3, -0.25) is 14.5 Å². The van der Waals surface area contributed by atoms with Gasteiger partial charge in [0, 0.05) is 11.8 Å². The number of carbonyl (C=O) groups is 3. The van der Waals surface area contributed by atoms with Crippen molar-refractivity contribution < 1.29 is 19.5 Å². The van der Waals surface area contributed by atoms with Gasteiger partial charge in [-0.2, -0.15) is 11.8 Å². The lowest BCUT2D eigenvalue weighted by Crippen LogP contribution is -2.36. The summed E-state index contributed by atoms with van der Waals surface area (Å²) in [5, 5.41) is 9.27. The third-order valence-electron chi connectivity index (χ3n) is 3.88. The van der Waals surface area contributed by atoms with Crippen molar-refractivity contribution in [2.45, 2.75) is 24.5 Å². The van der Waals surface area contributed by atoms with Gasteiger partial charge in [-0.15, -0.1) is 0 Å². The van der Waals surface area contributed by atoms with Crippen molar-refractivity contribution in [3.63, 3.8) is 0 Å². The number of rotatable bonds is 3. The van der Waals surface area contributed by atoms with Crippen molar-refractivity contribution in [3.05, 3.63) is 34.9 Å². The molecule has 6 heteroatoms. The SMILES string of the molecule is O=C(O)c1ccc2c(c1)C(=O)N(CC1CCCCS1)C2=O. The Morgan fingerprint density at radius 2 is 2.00 bits per heavy atom.